The highest BCUT2D eigenvalue weighted by molar-refractivity contribution is 5.95. The van der Waals surface area contributed by atoms with Gasteiger partial charge in [-0.25, -0.2) is 4.79 Å². The van der Waals surface area contributed by atoms with Gasteiger partial charge in [-0.1, -0.05) is 48.5 Å². The lowest BCUT2D eigenvalue weighted by Gasteiger charge is -2.18. The summed E-state index contributed by atoms with van der Waals surface area (Å²) in [7, 11) is 1.64. The monoisotopic (exact) mass is 472 g/mol. The minimum absolute atomic E-state index is 0.0135. The lowest BCUT2D eigenvalue weighted by molar-refractivity contribution is -0.137. The molecule has 0 unspecified atom stereocenters. The minimum atomic E-state index is -0.884. The zero-order chi connectivity index (χ0) is 24.9. The van der Waals surface area contributed by atoms with E-state index in [9.17, 15) is 14.4 Å². The summed E-state index contributed by atoms with van der Waals surface area (Å²) in [5, 5.41) is 11.5. The predicted molar refractivity (Wildman–Crippen MR) is 134 cm³/mol. The Morgan fingerprint density at radius 3 is 2.20 bits per heavy atom. The van der Waals surface area contributed by atoms with E-state index in [0.29, 0.717) is 24.2 Å². The number of aryl methyl sites for hydroxylation is 1. The van der Waals surface area contributed by atoms with E-state index in [-0.39, 0.29) is 24.9 Å². The van der Waals surface area contributed by atoms with Crippen LogP contribution in [0.1, 0.15) is 45.8 Å². The number of benzene rings is 3. The van der Waals surface area contributed by atoms with Gasteiger partial charge in [0.15, 0.2) is 0 Å². The number of ether oxygens (including phenoxy) is 1. The summed E-state index contributed by atoms with van der Waals surface area (Å²) in [5.41, 5.74) is 6.39. The number of anilines is 1. The molecule has 2 amide bonds. The third-order valence-corrected chi connectivity index (χ3v) is 6.28. The van der Waals surface area contributed by atoms with E-state index in [4.69, 9.17) is 9.84 Å². The van der Waals surface area contributed by atoms with Crippen LogP contribution in [0.3, 0.4) is 0 Å². The largest absolute Gasteiger partial charge is 0.481 e. The third kappa shape index (κ3) is 5.35. The lowest BCUT2D eigenvalue weighted by atomic mass is 9.98. The number of carbonyl (C=O) groups is 3. The number of nitrogens with one attached hydrogen (secondary N) is 1. The van der Waals surface area contributed by atoms with Gasteiger partial charge in [-0.3, -0.25) is 14.9 Å². The minimum Gasteiger partial charge on any atom is -0.481 e. The molecule has 1 aliphatic rings. The number of hydrogen-bond acceptors (Lipinski definition) is 4. The van der Waals surface area contributed by atoms with Gasteiger partial charge in [0.1, 0.15) is 6.61 Å². The first-order chi connectivity index (χ1) is 16.8. The van der Waals surface area contributed by atoms with Gasteiger partial charge < -0.3 is 14.7 Å². The Bertz CT molecular complexity index is 1220. The van der Waals surface area contributed by atoms with Crippen LogP contribution in [-0.4, -0.2) is 48.2 Å². The average Bonchev–Trinajstić information content (AvgIpc) is 3.17. The van der Waals surface area contributed by atoms with E-state index in [1.807, 2.05) is 24.3 Å². The predicted octanol–water partition coefficient (Wildman–Crippen LogP) is 5.29. The van der Waals surface area contributed by atoms with Crippen molar-refractivity contribution in [1.29, 1.82) is 0 Å². The highest BCUT2D eigenvalue weighted by atomic mass is 16.5. The number of fused-ring (bicyclic) bond motifs is 3. The van der Waals surface area contributed by atoms with E-state index >= 15 is 0 Å². The number of carboxylic acid groups (broad SMARTS) is 1. The first-order valence-electron chi connectivity index (χ1n) is 11.5. The Kier molecular flexibility index (Phi) is 7.15. The SMILES string of the molecule is Cc1cc(C(=O)N(C)CCCC(=O)O)ccc1NC(=O)OCC1c2ccccc2-c2ccccc21. The van der Waals surface area contributed by atoms with Crippen molar-refractivity contribution in [3.05, 3.63) is 89.0 Å². The van der Waals surface area contributed by atoms with Crippen LogP contribution in [0.5, 0.6) is 0 Å². The summed E-state index contributed by atoms with van der Waals surface area (Å²) in [6.45, 7) is 2.38. The van der Waals surface area contributed by atoms with Gasteiger partial charge in [0.25, 0.3) is 5.91 Å². The normalized spacial score (nSPS) is 11.9. The average molecular weight is 473 g/mol. The van der Waals surface area contributed by atoms with Gasteiger partial charge in [0.05, 0.1) is 0 Å². The van der Waals surface area contributed by atoms with Crippen molar-refractivity contribution in [1.82, 2.24) is 4.90 Å². The molecule has 0 saturated heterocycles. The van der Waals surface area contributed by atoms with Gasteiger partial charge in [0, 0.05) is 37.2 Å². The maximum Gasteiger partial charge on any atom is 0.411 e. The maximum atomic E-state index is 12.6. The van der Waals surface area contributed by atoms with Crippen LogP contribution >= 0.6 is 0 Å². The quantitative estimate of drug-likeness (QED) is 0.464. The van der Waals surface area contributed by atoms with Crippen molar-refractivity contribution < 1.29 is 24.2 Å². The molecule has 0 saturated carbocycles. The van der Waals surface area contributed by atoms with Crippen molar-refractivity contribution in [2.24, 2.45) is 0 Å². The Morgan fingerprint density at radius 1 is 0.971 bits per heavy atom. The molecule has 0 atom stereocenters. The number of carbonyl (C=O) groups excluding carboxylic acids is 2. The van der Waals surface area contributed by atoms with Crippen molar-refractivity contribution in [2.75, 3.05) is 25.5 Å². The van der Waals surface area contributed by atoms with Gasteiger partial charge >= 0.3 is 12.1 Å². The molecule has 0 spiro atoms. The van der Waals surface area contributed by atoms with Crippen LogP contribution < -0.4 is 5.32 Å². The molecule has 7 nitrogen and oxygen atoms in total. The van der Waals surface area contributed by atoms with Crippen molar-refractivity contribution in [2.45, 2.75) is 25.7 Å². The summed E-state index contributed by atoms with van der Waals surface area (Å²) in [6.07, 6.45) is -0.155. The van der Waals surface area contributed by atoms with E-state index in [1.165, 1.54) is 16.0 Å². The summed E-state index contributed by atoms with van der Waals surface area (Å²) < 4.78 is 5.60. The molecule has 0 fully saturated rings. The molecule has 2 N–H and O–H groups in total. The van der Waals surface area contributed by atoms with Gasteiger partial charge in [-0.15, -0.1) is 0 Å². The standard InChI is InChI=1S/C28H28N2O5/c1-18-16-19(27(33)30(2)15-7-12-26(31)32)13-14-25(18)29-28(34)35-17-24-22-10-5-3-8-20(22)21-9-4-6-11-23(21)24/h3-6,8-11,13-14,16,24H,7,12,15,17H2,1-2H3,(H,29,34)(H,31,32). The molecule has 0 heterocycles. The van der Waals surface area contributed by atoms with Crippen LogP contribution in [0, 0.1) is 6.92 Å². The highest BCUT2D eigenvalue weighted by Gasteiger charge is 2.29. The molecule has 0 aromatic heterocycles. The number of amides is 2. The second-order valence-electron chi connectivity index (χ2n) is 8.70. The van der Waals surface area contributed by atoms with Gasteiger partial charge in [0.2, 0.25) is 0 Å². The molecule has 1 aliphatic carbocycles. The van der Waals surface area contributed by atoms with Crippen LogP contribution in [-0.2, 0) is 9.53 Å². The summed E-state index contributed by atoms with van der Waals surface area (Å²) in [4.78, 5) is 37.4. The van der Waals surface area contributed by atoms with Gasteiger partial charge in [-0.05, 0) is 59.4 Å². The van der Waals surface area contributed by atoms with Crippen molar-refractivity contribution in [3.8, 4) is 11.1 Å². The summed E-state index contributed by atoms with van der Waals surface area (Å²) in [6, 6.07) is 21.3. The Labute approximate surface area is 204 Å². The molecular formula is C28H28N2O5. The number of carboxylic acids is 1. The highest BCUT2D eigenvalue weighted by Crippen LogP contribution is 2.44. The van der Waals surface area contributed by atoms with Gasteiger partial charge in [-0.2, -0.15) is 0 Å². The van der Waals surface area contributed by atoms with Crippen molar-refractivity contribution in [3.63, 3.8) is 0 Å². The first-order valence-corrected chi connectivity index (χ1v) is 11.5. The van der Waals surface area contributed by atoms with E-state index in [1.54, 1.807) is 32.2 Å². The molecule has 7 heteroatoms. The fourth-order valence-electron chi connectivity index (χ4n) is 4.47. The van der Waals surface area contributed by atoms with E-state index in [0.717, 1.165) is 16.7 Å². The van der Waals surface area contributed by atoms with E-state index < -0.39 is 12.1 Å². The van der Waals surface area contributed by atoms with Crippen LogP contribution in [0.15, 0.2) is 66.7 Å². The Hall–Kier alpha value is -4.13. The molecule has 3 aromatic carbocycles. The smallest absolute Gasteiger partial charge is 0.411 e. The molecule has 180 valence electrons. The maximum absolute atomic E-state index is 12.6. The van der Waals surface area contributed by atoms with Crippen molar-refractivity contribution >= 4 is 23.7 Å². The zero-order valence-corrected chi connectivity index (χ0v) is 19.8. The number of hydrogen-bond donors (Lipinski definition) is 2. The molecule has 3 aromatic rings. The fourth-order valence-corrected chi connectivity index (χ4v) is 4.47. The summed E-state index contributed by atoms with van der Waals surface area (Å²) >= 11 is 0. The molecule has 4 rings (SSSR count). The fraction of sp³-hybridized carbons (Fsp3) is 0.250. The van der Waals surface area contributed by atoms with Crippen LogP contribution in [0.25, 0.3) is 11.1 Å². The molecule has 0 radical (unpaired) electrons. The Morgan fingerprint density at radius 2 is 1.60 bits per heavy atom. The molecule has 0 aliphatic heterocycles. The van der Waals surface area contributed by atoms with E-state index in [2.05, 4.69) is 29.6 Å². The second-order valence-corrected chi connectivity index (χ2v) is 8.70. The Balaban J connectivity index is 1.37. The lowest BCUT2D eigenvalue weighted by Crippen LogP contribution is -2.28. The van der Waals surface area contributed by atoms with Crippen LogP contribution in [0.2, 0.25) is 0 Å². The van der Waals surface area contributed by atoms with Crippen LogP contribution in [0.4, 0.5) is 10.5 Å². The zero-order valence-electron chi connectivity index (χ0n) is 19.8. The molecular weight excluding hydrogens is 444 g/mol. The first kappa shape index (κ1) is 24.0. The number of aliphatic carboxylic acids is 1. The second kappa shape index (κ2) is 10.4. The molecule has 35 heavy (non-hydrogen) atoms. The summed E-state index contributed by atoms with van der Waals surface area (Å²) in [5.74, 6) is -1.11. The topological polar surface area (TPSA) is 95.9 Å². The number of nitrogens with zero attached hydrogens (tertiary/aromatic N) is 1. The molecule has 0 bridgehead atoms. The third-order valence-electron chi connectivity index (χ3n) is 6.28. The number of rotatable bonds is 8.